The van der Waals surface area contributed by atoms with Gasteiger partial charge in [0.15, 0.2) is 0 Å². The highest BCUT2D eigenvalue weighted by atomic mass is 16.3. The number of carbonyl (C=O) groups excluding carboxylic acids is 1. The second kappa shape index (κ2) is 6.84. The van der Waals surface area contributed by atoms with Crippen LogP contribution in [0.1, 0.15) is 23.2 Å². The summed E-state index contributed by atoms with van der Waals surface area (Å²) in [7, 11) is 0. The molecule has 0 saturated heterocycles. The van der Waals surface area contributed by atoms with Crippen LogP contribution in [0.3, 0.4) is 0 Å². The zero-order valence-electron chi connectivity index (χ0n) is 11.1. The van der Waals surface area contributed by atoms with Gasteiger partial charge in [0, 0.05) is 0 Å². The average molecular weight is 270 g/mol. The van der Waals surface area contributed by atoms with E-state index in [4.69, 9.17) is 5.73 Å². The molecule has 20 heavy (non-hydrogen) atoms. The Morgan fingerprint density at radius 3 is 2.00 bits per heavy atom. The lowest BCUT2D eigenvalue weighted by Crippen LogP contribution is -2.37. The molecule has 2 atom stereocenters. The molecule has 0 saturated carbocycles. The Kier molecular flexibility index (Phi) is 4.87. The van der Waals surface area contributed by atoms with Gasteiger partial charge in [-0.05, 0) is 11.1 Å². The van der Waals surface area contributed by atoms with E-state index in [-0.39, 0.29) is 12.5 Å². The van der Waals surface area contributed by atoms with Crippen molar-refractivity contribution < 1.29 is 9.90 Å². The van der Waals surface area contributed by atoms with E-state index >= 15 is 0 Å². The highest BCUT2D eigenvalue weighted by molar-refractivity contribution is 5.83. The Bertz CT molecular complexity index is 543. The van der Waals surface area contributed by atoms with Crippen LogP contribution >= 0.6 is 0 Å². The molecular weight excluding hydrogens is 252 g/mol. The number of aliphatic hydroxyl groups excluding tert-OH is 1. The standard InChI is InChI=1S/C16H18N2O2/c17-15(13-9-5-2-6-10-13)16(20)18-14(11-19)12-7-3-1-4-8-12/h1-10,14-15,19H,11,17H2,(H,18,20)/t14-,15?/m0/s1. The molecule has 0 spiro atoms. The minimum atomic E-state index is -0.742. The number of hydrogen-bond acceptors (Lipinski definition) is 3. The van der Waals surface area contributed by atoms with Crippen molar-refractivity contribution in [1.82, 2.24) is 5.32 Å². The summed E-state index contributed by atoms with van der Waals surface area (Å²) in [5, 5.41) is 12.2. The Morgan fingerprint density at radius 2 is 1.50 bits per heavy atom. The predicted octanol–water partition coefficient (Wildman–Crippen LogP) is 1.54. The molecule has 0 aliphatic carbocycles. The third-order valence-electron chi connectivity index (χ3n) is 3.14. The van der Waals surface area contributed by atoms with Gasteiger partial charge in [-0.25, -0.2) is 0 Å². The highest BCUT2D eigenvalue weighted by Crippen LogP contribution is 2.15. The van der Waals surface area contributed by atoms with E-state index in [1.165, 1.54) is 0 Å². The summed E-state index contributed by atoms with van der Waals surface area (Å²) in [4.78, 5) is 12.1. The molecule has 0 aromatic heterocycles. The van der Waals surface area contributed by atoms with Crippen LogP contribution in [0.5, 0.6) is 0 Å². The molecule has 2 aromatic rings. The lowest BCUT2D eigenvalue weighted by molar-refractivity contribution is -0.123. The minimum absolute atomic E-state index is 0.169. The van der Waals surface area contributed by atoms with Crippen molar-refractivity contribution in [2.45, 2.75) is 12.1 Å². The average Bonchev–Trinajstić information content (AvgIpc) is 2.53. The van der Waals surface area contributed by atoms with Crippen molar-refractivity contribution >= 4 is 5.91 Å². The first-order chi connectivity index (χ1) is 9.72. The van der Waals surface area contributed by atoms with E-state index < -0.39 is 12.1 Å². The summed E-state index contributed by atoms with van der Waals surface area (Å²) in [5.74, 6) is -0.306. The molecule has 0 aliphatic heterocycles. The molecule has 1 amide bonds. The topological polar surface area (TPSA) is 75.4 Å². The maximum Gasteiger partial charge on any atom is 0.242 e. The molecule has 2 rings (SSSR count). The molecule has 0 radical (unpaired) electrons. The Hall–Kier alpha value is -2.17. The molecule has 0 fully saturated rings. The van der Waals surface area contributed by atoms with E-state index in [9.17, 15) is 9.90 Å². The van der Waals surface area contributed by atoms with Gasteiger partial charge < -0.3 is 16.2 Å². The van der Waals surface area contributed by atoms with Crippen molar-refractivity contribution in [3.63, 3.8) is 0 Å². The van der Waals surface area contributed by atoms with Gasteiger partial charge in [0.05, 0.1) is 12.6 Å². The second-order valence-corrected chi connectivity index (χ2v) is 4.54. The van der Waals surface area contributed by atoms with E-state index in [1.807, 2.05) is 48.5 Å². The first-order valence-corrected chi connectivity index (χ1v) is 6.49. The van der Waals surface area contributed by atoms with Crippen LogP contribution in [0.4, 0.5) is 0 Å². The maximum absolute atomic E-state index is 12.1. The van der Waals surface area contributed by atoms with Gasteiger partial charge in [-0.15, -0.1) is 0 Å². The normalized spacial score (nSPS) is 13.5. The lowest BCUT2D eigenvalue weighted by atomic mass is 10.0. The van der Waals surface area contributed by atoms with Gasteiger partial charge in [0.1, 0.15) is 6.04 Å². The van der Waals surface area contributed by atoms with Gasteiger partial charge in [-0.3, -0.25) is 4.79 Å². The van der Waals surface area contributed by atoms with Crippen LogP contribution in [0, 0.1) is 0 Å². The Morgan fingerprint density at radius 1 is 1.00 bits per heavy atom. The Balaban J connectivity index is 2.06. The number of nitrogens with one attached hydrogen (secondary N) is 1. The Labute approximate surface area is 118 Å². The first kappa shape index (κ1) is 14.2. The monoisotopic (exact) mass is 270 g/mol. The largest absolute Gasteiger partial charge is 0.394 e. The molecule has 0 bridgehead atoms. The molecule has 1 unspecified atom stereocenters. The van der Waals surface area contributed by atoms with Crippen LogP contribution < -0.4 is 11.1 Å². The highest BCUT2D eigenvalue weighted by Gasteiger charge is 2.19. The third-order valence-corrected chi connectivity index (χ3v) is 3.14. The van der Waals surface area contributed by atoms with Crippen LogP contribution in [0.25, 0.3) is 0 Å². The van der Waals surface area contributed by atoms with Gasteiger partial charge in [-0.2, -0.15) is 0 Å². The van der Waals surface area contributed by atoms with Gasteiger partial charge >= 0.3 is 0 Å². The fourth-order valence-corrected chi connectivity index (χ4v) is 1.99. The summed E-state index contributed by atoms with van der Waals surface area (Å²) in [6.45, 7) is -0.169. The quantitative estimate of drug-likeness (QED) is 0.771. The summed E-state index contributed by atoms with van der Waals surface area (Å²) < 4.78 is 0. The van der Waals surface area contributed by atoms with E-state index in [0.717, 1.165) is 11.1 Å². The number of benzene rings is 2. The van der Waals surface area contributed by atoms with Crippen molar-refractivity contribution in [2.75, 3.05) is 6.61 Å². The van der Waals surface area contributed by atoms with Crippen LogP contribution in [-0.2, 0) is 4.79 Å². The van der Waals surface area contributed by atoms with Gasteiger partial charge in [0.2, 0.25) is 5.91 Å². The second-order valence-electron chi connectivity index (χ2n) is 4.54. The molecule has 0 heterocycles. The number of carbonyl (C=O) groups is 1. The fourth-order valence-electron chi connectivity index (χ4n) is 1.99. The number of rotatable bonds is 5. The molecule has 4 nitrogen and oxygen atoms in total. The van der Waals surface area contributed by atoms with Gasteiger partial charge in [0.25, 0.3) is 0 Å². The summed E-state index contributed by atoms with van der Waals surface area (Å²) >= 11 is 0. The predicted molar refractivity (Wildman–Crippen MR) is 77.8 cm³/mol. The van der Waals surface area contributed by atoms with Crippen molar-refractivity contribution in [1.29, 1.82) is 0 Å². The van der Waals surface area contributed by atoms with Crippen molar-refractivity contribution in [3.05, 3.63) is 71.8 Å². The van der Waals surface area contributed by atoms with Gasteiger partial charge in [-0.1, -0.05) is 60.7 Å². The number of aliphatic hydroxyl groups is 1. The van der Waals surface area contributed by atoms with Crippen molar-refractivity contribution in [3.8, 4) is 0 Å². The summed E-state index contributed by atoms with van der Waals surface area (Å²) in [6.07, 6.45) is 0. The summed E-state index contributed by atoms with van der Waals surface area (Å²) in [6, 6.07) is 17.3. The maximum atomic E-state index is 12.1. The van der Waals surface area contributed by atoms with Crippen LogP contribution in [0.2, 0.25) is 0 Å². The SMILES string of the molecule is NC(C(=O)N[C@@H](CO)c1ccccc1)c1ccccc1. The van der Waals surface area contributed by atoms with Crippen molar-refractivity contribution in [2.24, 2.45) is 5.73 Å². The van der Waals surface area contributed by atoms with Crippen LogP contribution in [0.15, 0.2) is 60.7 Å². The number of amides is 1. The van der Waals surface area contributed by atoms with Crippen LogP contribution in [-0.4, -0.2) is 17.6 Å². The number of nitrogens with two attached hydrogens (primary N) is 1. The summed E-state index contributed by atoms with van der Waals surface area (Å²) in [5.41, 5.74) is 7.52. The molecule has 104 valence electrons. The van der Waals surface area contributed by atoms with E-state index in [1.54, 1.807) is 12.1 Å². The lowest BCUT2D eigenvalue weighted by Gasteiger charge is -2.19. The zero-order chi connectivity index (χ0) is 14.4. The minimum Gasteiger partial charge on any atom is -0.394 e. The van der Waals surface area contributed by atoms with E-state index in [0.29, 0.717) is 0 Å². The molecule has 4 N–H and O–H groups in total. The van der Waals surface area contributed by atoms with E-state index in [2.05, 4.69) is 5.32 Å². The third kappa shape index (κ3) is 3.44. The molecule has 0 aliphatic rings. The molecule has 2 aromatic carbocycles. The first-order valence-electron chi connectivity index (χ1n) is 6.49. The smallest absolute Gasteiger partial charge is 0.242 e. The molecule has 4 heteroatoms. The zero-order valence-corrected chi connectivity index (χ0v) is 11.1. The number of hydrogen-bond donors (Lipinski definition) is 3. The fraction of sp³-hybridized carbons (Fsp3) is 0.188. The molecular formula is C16H18N2O2.